The second-order valence-electron chi connectivity index (χ2n) is 11.0. The van der Waals surface area contributed by atoms with Gasteiger partial charge in [-0.1, -0.05) is 69.4 Å². The molecule has 3 rings (SSSR count). The first-order chi connectivity index (χ1) is 14.8. The number of hydrogen-bond acceptors (Lipinski definition) is 0. The Bertz CT molecular complexity index is 502. The molecule has 0 aromatic rings. The first-order valence-electron chi connectivity index (χ1n) is 13.8. The summed E-state index contributed by atoms with van der Waals surface area (Å²) in [5.74, 6) is 5.29. The van der Waals surface area contributed by atoms with Gasteiger partial charge in [0.1, 0.15) is 0 Å². The smallest absolute Gasteiger partial charge is 0.0233 e. The van der Waals surface area contributed by atoms with E-state index >= 15 is 0 Å². The van der Waals surface area contributed by atoms with Crippen molar-refractivity contribution in [3.05, 3.63) is 37.0 Å². The molecule has 0 bridgehead atoms. The predicted octanol–water partition coefficient (Wildman–Crippen LogP) is 9.67. The Morgan fingerprint density at radius 3 is 1.33 bits per heavy atom. The van der Waals surface area contributed by atoms with Gasteiger partial charge >= 0.3 is 0 Å². The molecule has 3 aliphatic carbocycles. The summed E-state index contributed by atoms with van der Waals surface area (Å²) in [6.45, 7) is 6.29. The first kappa shape index (κ1) is 23.9. The third kappa shape index (κ3) is 8.39. The summed E-state index contributed by atoms with van der Waals surface area (Å²) in [4.78, 5) is 0. The number of allylic oxidation sites excluding steroid dienone is 5. The molecule has 0 nitrogen and oxygen atoms in total. The van der Waals surface area contributed by atoms with E-state index < -0.39 is 0 Å². The second-order valence-corrected chi connectivity index (χ2v) is 11.0. The molecule has 0 aromatic carbocycles. The molecule has 0 spiro atoms. The summed E-state index contributed by atoms with van der Waals surface area (Å²) in [7, 11) is 0. The number of hydrogen-bond donors (Lipinski definition) is 0. The van der Waals surface area contributed by atoms with Gasteiger partial charge in [0.05, 0.1) is 0 Å². The second kappa shape index (κ2) is 13.6. The van der Waals surface area contributed by atoms with E-state index in [0.29, 0.717) is 0 Å². The SMILES string of the molecule is C=CC1CCC(/C=C/C2CCC(/C=C/C3CCC(CCCCCC)CC3)CC2)CC1. The van der Waals surface area contributed by atoms with Gasteiger partial charge in [-0.2, -0.15) is 0 Å². The molecule has 0 radical (unpaired) electrons. The highest BCUT2D eigenvalue weighted by Gasteiger charge is 2.22. The van der Waals surface area contributed by atoms with Crippen LogP contribution in [0.4, 0.5) is 0 Å². The van der Waals surface area contributed by atoms with E-state index in [2.05, 4.69) is 43.9 Å². The van der Waals surface area contributed by atoms with Gasteiger partial charge in [-0.05, 0) is 113 Å². The van der Waals surface area contributed by atoms with Gasteiger partial charge in [0, 0.05) is 0 Å². The van der Waals surface area contributed by atoms with Crippen LogP contribution in [-0.2, 0) is 0 Å². The van der Waals surface area contributed by atoms with Crippen LogP contribution in [0.1, 0.15) is 116 Å². The summed E-state index contributed by atoms with van der Waals surface area (Å²) in [6, 6.07) is 0. The van der Waals surface area contributed by atoms with Crippen LogP contribution in [0.15, 0.2) is 37.0 Å². The van der Waals surface area contributed by atoms with Crippen molar-refractivity contribution in [3.8, 4) is 0 Å². The molecule has 30 heavy (non-hydrogen) atoms. The van der Waals surface area contributed by atoms with Gasteiger partial charge in [-0.3, -0.25) is 0 Å². The maximum absolute atomic E-state index is 3.98. The standard InChI is InChI=1S/C30H50/c1-3-5-6-7-8-26-13-15-28(16-14-26)19-20-30-23-21-29(22-24-30)18-17-27-11-9-25(4-2)10-12-27/h4,17-20,25-30H,2-3,5-16,21-24H2,1H3/b18-17+,20-19+. The maximum Gasteiger partial charge on any atom is -0.0233 e. The Kier molecular flexibility index (Phi) is 10.8. The summed E-state index contributed by atoms with van der Waals surface area (Å²) in [5, 5.41) is 0. The Morgan fingerprint density at radius 2 is 0.933 bits per heavy atom. The van der Waals surface area contributed by atoms with Crippen molar-refractivity contribution in [1.29, 1.82) is 0 Å². The van der Waals surface area contributed by atoms with E-state index in [1.165, 1.54) is 109 Å². The van der Waals surface area contributed by atoms with Gasteiger partial charge in [0.25, 0.3) is 0 Å². The highest BCUT2D eigenvalue weighted by atomic mass is 14.3. The zero-order valence-corrected chi connectivity index (χ0v) is 20.1. The molecule has 0 N–H and O–H groups in total. The highest BCUT2D eigenvalue weighted by molar-refractivity contribution is 5.01. The molecule has 0 atom stereocenters. The van der Waals surface area contributed by atoms with Gasteiger partial charge in [-0.25, -0.2) is 0 Å². The van der Waals surface area contributed by atoms with E-state index in [0.717, 1.165) is 35.5 Å². The minimum atomic E-state index is 0.790. The van der Waals surface area contributed by atoms with Crippen LogP contribution in [0.25, 0.3) is 0 Å². The van der Waals surface area contributed by atoms with Gasteiger partial charge in [0.15, 0.2) is 0 Å². The van der Waals surface area contributed by atoms with Crippen molar-refractivity contribution in [2.75, 3.05) is 0 Å². The van der Waals surface area contributed by atoms with E-state index in [-0.39, 0.29) is 0 Å². The lowest BCUT2D eigenvalue weighted by atomic mass is 9.77. The largest absolute Gasteiger partial charge is 0.103 e. The zero-order chi connectivity index (χ0) is 21.0. The molecule has 3 saturated carbocycles. The quantitative estimate of drug-likeness (QED) is 0.248. The average Bonchev–Trinajstić information content (AvgIpc) is 2.81. The Labute approximate surface area is 188 Å². The minimum absolute atomic E-state index is 0.790. The lowest BCUT2D eigenvalue weighted by molar-refractivity contribution is 0.287. The molecule has 0 amide bonds. The van der Waals surface area contributed by atoms with Crippen LogP contribution >= 0.6 is 0 Å². The van der Waals surface area contributed by atoms with Gasteiger partial charge in [-0.15, -0.1) is 6.58 Å². The third-order valence-corrected chi connectivity index (χ3v) is 8.63. The van der Waals surface area contributed by atoms with Crippen LogP contribution in [0.5, 0.6) is 0 Å². The molecular formula is C30H50. The molecule has 0 aromatic heterocycles. The molecule has 0 aliphatic heterocycles. The van der Waals surface area contributed by atoms with E-state index in [1.54, 1.807) is 0 Å². The predicted molar refractivity (Wildman–Crippen MR) is 134 cm³/mol. The topological polar surface area (TPSA) is 0 Å². The van der Waals surface area contributed by atoms with Crippen LogP contribution in [0.3, 0.4) is 0 Å². The summed E-state index contributed by atoms with van der Waals surface area (Å²) in [5.41, 5.74) is 0. The summed E-state index contributed by atoms with van der Waals surface area (Å²) >= 11 is 0. The normalized spacial score (nSPS) is 35.8. The fraction of sp³-hybridized carbons (Fsp3) is 0.800. The minimum Gasteiger partial charge on any atom is -0.103 e. The molecule has 3 fully saturated rings. The molecule has 0 heterocycles. The first-order valence-corrected chi connectivity index (χ1v) is 13.8. The van der Waals surface area contributed by atoms with Crippen molar-refractivity contribution in [3.63, 3.8) is 0 Å². The van der Waals surface area contributed by atoms with Crippen molar-refractivity contribution >= 4 is 0 Å². The lowest BCUT2D eigenvalue weighted by Gasteiger charge is -2.28. The fourth-order valence-corrected chi connectivity index (χ4v) is 6.26. The van der Waals surface area contributed by atoms with E-state index in [4.69, 9.17) is 0 Å². The van der Waals surface area contributed by atoms with Crippen molar-refractivity contribution < 1.29 is 0 Å². The number of rotatable bonds is 10. The summed E-state index contributed by atoms with van der Waals surface area (Å²) < 4.78 is 0. The van der Waals surface area contributed by atoms with Crippen LogP contribution in [-0.4, -0.2) is 0 Å². The van der Waals surface area contributed by atoms with Gasteiger partial charge in [0.2, 0.25) is 0 Å². The third-order valence-electron chi connectivity index (χ3n) is 8.63. The van der Waals surface area contributed by atoms with Crippen LogP contribution in [0.2, 0.25) is 0 Å². The Balaban J connectivity index is 1.27. The van der Waals surface area contributed by atoms with Crippen LogP contribution in [0, 0.1) is 35.5 Å². The van der Waals surface area contributed by atoms with Crippen molar-refractivity contribution in [2.24, 2.45) is 35.5 Å². The van der Waals surface area contributed by atoms with Crippen molar-refractivity contribution in [2.45, 2.75) is 116 Å². The van der Waals surface area contributed by atoms with Crippen molar-refractivity contribution in [1.82, 2.24) is 0 Å². The fourth-order valence-electron chi connectivity index (χ4n) is 6.26. The molecular weight excluding hydrogens is 360 g/mol. The molecule has 170 valence electrons. The highest BCUT2D eigenvalue weighted by Crippen LogP contribution is 2.36. The van der Waals surface area contributed by atoms with Crippen LogP contribution < -0.4 is 0 Å². The average molecular weight is 411 g/mol. The van der Waals surface area contributed by atoms with Gasteiger partial charge < -0.3 is 0 Å². The summed E-state index contributed by atoms with van der Waals surface area (Å²) in [6.07, 6.45) is 36.9. The monoisotopic (exact) mass is 410 g/mol. The molecule has 0 heteroatoms. The maximum atomic E-state index is 3.98. The zero-order valence-electron chi connectivity index (χ0n) is 20.1. The lowest BCUT2D eigenvalue weighted by Crippen LogP contribution is -2.15. The molecule has 0 saturated heterocycles. The molecule has 3 aliphatic rings. The Morgan fingerprint density at radius 1 is 0.533 bits per heavy atom. The Hall–Kier alpha value is -0.780. The van der Waals surface area contributed by atoms with E-state index in [9.17, 15) is 0 Å². The van der Waals surface area contributed by atoms with E-state index in [1.807, 2.05) is 0 Å². The number of unbranched alkanes of at least 4 members (excludes halogenated alkanes) is 3. The molecule has 0 unspecified atom stereocenters.